The smallest absolute Gasteiger partial charge is 0.410 e. The highest BCUT2D eigenvalue weighted by molar-refractivity contribution is 7.99. The maximum absolute atomic E-state index is 13.0. The molecule has 2 atom stereocenters. The molecule has 1 aromatic carbocycles. The SMILES string of the molecule is CN1CCC[C@H]1CSc1nc2c(c(N3CCN(C(=O)OCc4ccccc4)[C@@H](CC#N)C3)n1)CCNC2. The first kappa shape index (κ1) is 25.8. The molecule has 5 rings (SSSR count). The minimum absolute atomic E-state index is 0.225. The third kappa shape index (κ3) is 6.17. The lowest BCUT2D eigenvalue weighted by Crippen LogP contribution is -2.55. The van der Waals surface area contributed by atoms with Gasteiger partial charge in [-0.1, -0.05) is 42.1 Å². The third-order valence-electron chi connectivity index (χ3n) is 7.52. The Morgan fingerprint density at radius 2 is 2.08 bits per heavy atom. The van der Waals surface area contributed by atoms with Crippen LogP contribution in [0, 0.1) is 11.3 Å². The monoisotopic (exact) mass is 521 g/mol. The maximum atomic E-state index is 13.0. The number of anilines is 1. The number of carbonyl (C=O) groups is 1. The van der Waals surface area contributed by atoms with E-state index in [1.165, 1.54) is 18.4 Å². The Labute approximate surface area is 223 Å². The van der Waals surface area contributed by atoms with E-state index in [0.29, 0.717) is 25.7 Å². The van der Waals surface area contributed by atoms with Crippen LogP contribution >= 0.6 is 11.8 Å². The number of amides is 1. The normalized spacial score (nSPS) is 21.9. The minimum Gasteiger partial charge on any atom is -0.445 e. The van der Waals surface area contributed by atoms with Crippen molar-refractivity contribution in [2.45, 2.75) is 56.1 Å². The third-order valence-corrected chi connectivity index (χ3v) is 8.51. The molecule has 2 fully saturated rings. The number of aromatic nitrogens is 2. The summed E-state index contributed by atoms with van der Waals surface area (Å²) in [5.41, 5.74) is 3.21. The van der Waals surface area contributed by atoms with Gasteiger partial charge in [-0.3, -0.25) is 0 Å². The van der Waals surface area contributed by atoms with E-state index in [4.69, 9.17) is 14.7 Å². The number of ether oxygens (including phenoxy) is 1. The molecule has 37 heavy (non-hydrogen) atoms. The first-order valence-corrected chi connectivity index (χ1v) is 14.1. The van der Waals surface area contributed by atoms with Gasteiger partial charge in [-0.15, -0.1) is 0 Å². The number of hydrogen-bond acceptors (Lipinski definition) is 9. The molecule has 2 aromatic rings. The van der Waals surface area contributed by atoms with Gasteiger partial charge in [0.25, 0.3) is 0 Å². The molecule has 1 N–H and O–H groups in total. The Balaban J connectivity index is 1.30. The van der Waals surface area contributed by atoms with E-state index in [-0.39, 0.29) is 25.2 Å². The van der Waals surface area contributed by atoms with Crippen molar-refractivity contribution in [2.75, 3.05) is 50.4 Å². The fraction of sp³-hybridized carbons (Fsp3) is 0.556. The van der Waals surface area contributed by atoms with Gasteiger partial charge in [-0.05, 0) is 45.0 Å². The Hall–Kier alpha value is -2.87. The number of nitrogens with one attached hydrogen (secondary N) is 1. The number of rotatable bonds is 7. The van der Waals surface area contributed by atoms with Crippen LogP contribution in [0.3, 0.4) is 0 Å². The van der Waals surface area contributed by atoms with E-state index in [2.05, 4.69) is 28.2 Å². The molecule has 196 valence electrons. The first-order chi connectivity index (χ1) is 18.1. The molecular weight excluding hydrogens is 486 g/mol. The second kappa shape index (κ2) is 12.1. The van der Waals surface area contributed by atoms with E-state index in [1.54, 1.807) is 16.7 Å². The Bertz CT molecular complexity index is 1130. The number of likely N-dealkylation sites (tertiary alicyclic amines) is 1. The van der Waals surface area contributed by atoms with Crippen LogP contribution in [-0.4, -0.2) is 83.5 Å². The number of nitrogens with zero attached hydrogens (tertiary/aromatic N) is 6. The van der Waals surface area contributed by atoms with Gasteiger partial charge in [0.05, 0.1) is 24.2 Å². The van der Waals surface area contributed by atoms with Gasteiger partial charge in [0.15, 0.2) is 5.16 Å². The lowest BCUT2D eigenvalue weighted by Gasteiger charge is -2.41. The quantitative estimate of drug-likeness (QED) is 0.435. The Kier molecular flexibility index (Phi) is 8.44. The highest BCUT2D eigenvalue weighted by Crippen LogP contribution is 2.31. The molecule has 10 heteroatoms. The van der Waals surface area contributed by atoms with Gasteiger partial charge in [-0.2, -0.15) is 5.26 Å². The van der Waals surface area contributed by atoms with Gasteiger partial charge in [-0.25, -0.2) is 14.8 Å². The highest BCUT2D eigenvalue weighted by atomic mass is 32.2. The summed E-state index contributed by atoms with van der Waals surface area (Å²) in [6.45, 7) is 4.72. The zero-order valence-corrected chi connectivity index (χ0v) is 22.3. The summed E-state index contributed by atoms with van der Waals surface area (Å²) >= 11 is 1.74. The summed E-state index contributed by atoms with van der Waals surface area (Å²) in [6.07, 6.45) is 3.24. The summed E-state index contributed by atoms with van der Waals surface area (Å²) < 4.78 is 5.60. The average Bonchev–Trinajstić information content (AvgIpc) is 3.35. The van der Waals surface area contributed by atoms with Crippen LogP contribution < -0.4 is 10.2 Å². The standard InChI is InChI=1S/C27H35N7O2S/c1-32-13-5-8-22(32)19-37-26-30-24-16-29-12-10-23(24)25(31-26)33-14-15-34(21(17-33)9-11-28)27(35)36-18-20-6-3-2-4-7-20/h2-4,6-7,21-22,29H,5,8-10,12-19H2,1H3/t21-,22-/m0/s1. The van der Waals surface area contributed by atoms with E-state index in [9.17, 15) is 10.1 Å². The second-order valence-electron chi connectivity index (χ2n) is 9.97. The molecule has 0 spiro atoms. The largest absolute Gasteiger partial charge is 0.445 e. The number of benzene rings is 1. The van der Waals surface area contributed by atoms with E-state index >= 15 is 0 Å². The van der Waals surface area contributed by atoms with Crippen LogP contribution in [0.4, 0.5) is 10.6 Å². The van der Waals surface area contributed by atoms with Crippen LogP contribution in [0.15, 0.2) is 35.5 Å². The van der Waals surface area contributed by atoms with Crippen molar-refractivity contribution in [1.82, 2.24) is 25.1 Å². The maximum Gasteiger partial charge on any atom is 0.410 e. The number of hydrogen-bond donors (Lipinski definition) is 1. The van der Waals surface area contributed by atoms with Crippen molar-refractivity contribution in [1.29, 1.82) is 5.26 Å². The van der Waals surface area contributed by atoms with Crippen molar-refractivity contribution in [3.05, 3.63) is 47.2 Å². The fourth-order valence-corrected chi connectivity index (χ4v) is 6.46. The average molecular weight is 522 g/mol. The van der Waals surface area contributed by atoms with Crippen LogP contribution in [0.5, 0.6) is 0 Å². The predicted octanol–water partition coefficient (Wildman–Crippen LogP) is 3.05. The van der Waals surface area contributed by atoms with Gasteiger partial charge in [0, 0.05) is 43.5 Å². The lowest BCUT2D eigenvalue weighted by atomic mass is 10.0. The Morgan fingerprint density at radius 3 is 2.86 bits per heavy atom. The summed E-state index contributed by atoms with van der Waals surface area (Å²) in [6, 6.07) is 12.2. The Morgan fingerprint density at radius 1 is 1.22 bits per heavy atom. The van der Waals surface area contributed by atoms with Crippen molar-refractivity contribution in [2.24, 2.45) is 0 Å². The van der Waals surface area contributed by atoms with Gasteiger partial charge >= 0.3 is 6.09 Å². The van der Waals surface area contributed by atoms with Crippen molar-refractivity contribution >= 4 is 23.7 Å². The summed E-state index contributed by atoms with van der Waals surface area (Å²) in [5.74, 6) is 1.95. The van der Waals surface area contributed by atoms with E-state index in [0.717, 1.165) is 54.0 Å². The van der Waals surface area contributed by atoms with Gasteiger partial charge in [0.1, 0.15) is 12.4 Å². The van der Waals surface area contributed by atoms with E-state index in [1.807, 2.05) is 30.3 Å². The zero-order valence-electron chi connectivity index (χ0n) is 21.4. The van der Waals surface area contributed by atoms with E-state index < -0.39 is 0 Å². The first-order valence-electron chi connectivity index (χ1n) is 13.1. The number of thioether (sulfide) groups is 1. The fourth-order valence-electron chi connectivity index (χ4n) is 5.37. The summed E-state index contributed by atoms with van der Waals surface area (Å²) in [5, 5.41) is 13.8. The molecule has 4 heterocycles. The molecule has 9 nitrogen and oxygen atoms in total. The molecule has 3 aliphatic rings. The second-order valence-corrected chi connectivity index (χ2v) is 11.0. The van der Waals surface area contributed by atoms with Crippen molar-refractivity contribution in [3.8, 4) is 6.07 Å². The molecule has 0 radical (unpaired) electrons. The number of nitriles is 1. The number of carbonyl (C=O) groups excluding carboxylic acids is 1. The van der Waals surface area contributed by atoms with Crippen molar-refractivity contribution < 1.29 is 9.53 Å². The van der Waals surface area contributed by atoms with Crippen LogP contribution in [0.2, 0.25) is 0 Å². The van der Waals surface area contributed by atoms with Gasteiger partial charge in [0.2, 0.25) is 0 Å². The molecular formula is C27H35N7O2S. The molecule has 1 aromatic heterocycles. The topological polar surface area (TPSA) is 97.6 Å². The van der Waals surface area contributed by atoms with Gasteiger partial charge < -0.3 is 24.8 Å². The zero-order chi connectivity index (χ0) is 25.6. The number of piperazine rings is 1. The number of fused-ring (bicyclic) bond motifs is 1. The van der Waals surface area contributed by atoms with Crippen molar-refractivity contribution in [3.63, 3.8) is 0 Å². The molecule has 1 amide bonds. The van der Waals surface area contributed by atoms with Crippen LogP contribution in [0.1, 0.15) is 36.1 Å². The minimum atomic E-state index is -0.366. The summed E-state index contributed by atoms with van der Waals surface area (Å²) in [4.78, 5) is 29.3. The molecule has 0 saturated carbocycles. The lowest BCUT2D eigenvalue weighted by molar-refractivity contribution is 0.0767. The van der Waals surface area contributed by atoms with Crippen LogP contribution in [-0.2, 0) is 24.3 Å². The summed E-state index contributed by atoms with van der Waals surface area (Å²) in [7, 11) is 2.20. The molecule has 2 saturated heterocycles. The molecule has 0 bridgehead atoms. The molecule has 0 aliphatic carbocycles. The molecule has 0 unspecified atom stereocenters. The van der Waals surface area contributed by atoms with Crippen LogP contribution in [0.25, 0.3) is 0 Å². The highest BCUT2D eigenvalue weighted by Gasteiger charge is 2.34. The predicted molar refractivity (Wildman–Crippen MR) is 143 cm³/mol. The molecule has 3 aliphatic heterocycles.